The maximum atomic E-state index is 12.6. The molecule has 0 aliphatic heterocycles. The van der Waals surface area contributed by atoms with E-state index in [1.54, 1.807) is 0 Å². The van der Waals surface area contributed by atoms with Gasteiger partial charge in [0.05, 0.1) is 12.0 Å². The zero-order valence-electron chi connectivity index (χ0n) is 16.9. The van der Waals surface area contributed by atoms with E-state index in [1.807, 2.05) is 32.0 Å². The van der Waals surface area contributed by atoms with Crippen molar-refractivity contribution in [3.8, 4) is 0 Å². The van der Waals surface area contributed by atoms with Crippen LogP contribution in [0.1, 0.15) is 84.6 Å². The summed E-state index contributed by atoms with van der Waals surface area (Å²) in [5.41, 5.74) is 0.713. The Hall–Kier alpha value is -1.31. The summed E-state index contributed by atoms with van der Waals surface area (Å²) in [5, 5.41) is 0. The molecule has 1 unspecified atom stereocenters. The molecule has 0 aliphatic rings. The molecule has 0 spiro atoms. The highest BCUT2D eigenvalue weighted by atomic mass is 16.5. The molecular formula is C23H38O2. The molecule has 0 saturated carbocycles. The van der Waals surface area contributed by atoms with Crippen LogP contribution in [0.5, 0.6) is 0 Å². The minimum absolute atomic E-state index is 0.0635. The third-order valence-corrected chi connectivity index (χ3v) is 4.92. The predicted octanol–water partition coefficient (Wildman–Crippen LogP) is 6.58. The second-order valence-corrected chi connectivity index (χ2v) is 8.00. The molecule has 1 rings (SSSR count). The van der Waals surface area contributed by atoms with E-state index in [4.69, 9.17) is 4.74 Å². The number of hydrogen-bond donors (Lipinski definition) is 0. The molecule has 0 saturated heterocycles. The summed E-state index contributed by atoms with van der Waals surface area (Å²) in [6.07, 6.45) is 10.7. The zero-order valence-corrected chi connectivity index (χ0v) is 16.9. The quantitative estimate of drug-likeness (QED) is 0.298. The molecule has 2 nitrogen and oxygen atoms in total. The number of ether oxygens (including phenoxy) is 1. The molecule has 0 N–H and O–H groups in total. The van der Waals surface area contributed by atoms with Crippen LogP contribution in [-0.4, -0.2) is 12.6 Å². The van der Waals surface area contributed by atoms with Gasteiger partial charge in [0, 0.05) is 0 Å². The van der Waals surface area contributed by atoms with Crippen molar-refractivity contribution in [3.63, 3.8) is 0 Å². The number of rotatable bonds is 13. The van der Waals surface area contributed by atoms with Gasteiger partial charge < -0.3 is 4.74 Å². The van der Waals surface area contributed by atoms with Crippen LogP contribution in [0, 0.1) is 11.3 Å². The monoisotopic (exact) mass is 346 g/mol. The summed E-state index contributed by atoms with van der Waals surface area (Å²) in [4.78, 5) is 12.6. The molecule has 0 aliphatic carbocycles. The molecule has 0 bridgehead atoms. The van der Waals surface area contributed by atoms with Gasteiger partial charge in [-0.05, 0) is 44.6 Å². The lowest BCUT2D eigenvalue weighted by Crippen LogP contribution is -2.30. The van der Waals surface area contributed by atoms with E-state index in [1.165, 1.54) is 56.9 Å². The Kier molecular flexibility index (Phi) is 10.5. The molecule has 0 aromatic heterocycles. The molecule has 1 aromatic carbocycles. The zero-order chi connectivity index (χ0) is 18.5. The summed E-state index contributed by atoms with van der Waals surface area (Å²) in [6, 6.07) is 10.2. The van der Waals surface area contributed by atoms with Gasteiger partial charge in [-0.25, -0.2) is 0 Å². The number of carbonyl (C=O) groups excluding carboxylic acids is 1. The Morgan fingerprint density at radius 3 is 2.24 bits per heavy atom. The van der Waals surface area contributed by atoms with E-state index in [0.29, 0.717) is 12.5 Å². The molecule has 1 aromatic rings. The second kappa shape index (κ2) is 12.1. The van der Waals surface area contributed by atoms with E-state index < -0.39 is 5.41 Å². The number of carbonyl (C=O) groups is 1. The fourth-order valence-electron chi connectivity index (χ4n) is 3.23. The smallest absolute Gasteiger partial charge is 0.311 e. The highest BCUT2D eigenvalue weighted by molar-refractivity contribution is 5.76. The average Bonchev–Trinajstić information content (AvgIpc) is 2.60. The first kappa shape index (κ1) is 21.7. The van der Waals surface area contributed by atoms with Crippen molar-refractivity contribution in [1.82, 2.24) is 0 Å². The SMILES string of the molecule is CCCCCCC(CCCC)COC(=O)C(C)(C)Cc1ccccc1. The minimum Gasteiger partial charge on any atom is -0.465 e. The van der Waals surface area contributed by atoms with Crippen molar-refractivity contribution in [1.29, 1.82) is 0 Å². The fraction of sp³-hybridized carbons (Fsp3) is 0.696. The molecule has 0 radical (unpaired) electrons. The Balaban J connectivity index is 2.47. The lowest BCUT2D eigenvalue weighted by Gasteiger charge is -2.25. The number of benzene rings is 1. The summed E-state index contributed by atoms with van der Waals surface area (Å²) in [6.45, 7) is 9.03. The Labute approximate surface area is 155 Å². The molecule has 0 heterocycles. The van der Waals surface area contributed by atoms with Crippen molar-refractivity contribution in [2.24, 2.45) is 11.3 Å². The van der Waals surface area contributed by atoms with E-state index in [2.05, 4.69) is 26.0 Å². The first-order valence-electron chi connectivity index (χ1n) is 10.2. The molecule has 25 heavy (non-hydrogen) atoms. The van der Waals surface area contributed by atoms with Crippen LogP contribution in [0.2, 0.25) is 0 Å². The number of esters is 1. The van der Waals surface area contributed by atoms with Gasteiger partial charge in [0.25, 0.3) is 0 Å². The van der Waals surface area contributed by atoms with E-state index in [0.717, 1.165) is 6.42 Å². The topological polar surface area (TPSA) is 26.3 Å². The van der Waals surface area contributed by atoms with Crippen molar-refractivity contribution in [2.45, 2.75) is 85.5 Å². The molecule has 0 amide bonds. The predicted molar refractivity (Wildman–Crippen MR) is 107 cm³/mol. The van der Waals surface area contributed by atoms with Crippen molar-refractivity contribution in [3.05, 3.63) is 35.9 Å². The Morgan fingerprint density at radius 1 is 0.960 bits per heavy atom. The summed E-state index contributed by atoms with van der Waals surface area (Å²) in [5.74, 6) is 0.458. The lowest BCUT2D eigenvalue weighted by molar-refractivity contribution is -0.155. The third-order valence-electron chi connectivity index (χ3n) is 4.92. The molecule has 0 fully saturated rings. The number of unbranched alkanes of at least 4 members (excludes halogenated alkanes) is 4. The van der Waals surface area contributed by atoms with Crippen molar-refractivity contribution < 1.29 is 9.53 Å². The van der Waals surface area contributed by atoms with Crippen molar-refractivity contribution in [2.75, 3.05) is 6.61 Å². The Morgan fingerprint density at radius 2 is 1.60 bits per heavy atom. The summed E-state index contributed by atoms with van der Waals surface area (Å²) >= 11 is 0. The normalized spacial score (nSPS) is 12.8. The van der Waals surface area contributed by atoms with Gasteiger partial charge in [-0.15, -0.1) is 0 Å². The van der Waals surface area contributed by atoms with Crippen LogP contribution < -0.4 is 0 Å². The van der Waals surface area contributed by atoms with Gasteiger partial charge in [-0.3, -0.25) is 4.79 Å². The average molecular weight is 347 g/mol. The summed E-state index contributed by atoms with van der Waals surface area (Å²) < 4.78 is 5.76. The highest BCUT2D eigenvalue weighted by Gasteiger charge is 2.30. The van der Waals surface area contributed by atoms with E-state index in [-0.39, 0.29) is 5.97 Å². The molecular weight excluding hydrogens is 308 g/mol. The van der Waals surface area contributed by atoms with Crippen molar-refractivity contribution >= 4 is 5.97 Å². The lowest BCUT2D eigenvalue weighted by atomic mass is 9.86. The highest BCUT2D eigenvalue weighted by Crippen LogP contribution is 2.25. The van der Waals surface area contributed by atoms with Crippen LogP contribution in [0.4, 0.5) is 0 Å². The first-order chi connectivity index (χ1) is 12.0. The number of hydrogen-bond acceptors (Lipinski definition) is 2. The van der Waals surface area contributed by atoms with Crippen LogP contribution in [0.25, 0.3) is 0 Å². The van der Waals surface area contributed by atoms with E-state index >= 15 is 0 Å². The van der Waals surface area contributed by atoms with Gasteiger partial charge in [0.1, 0.15) is 0 Å². The van der Waals surface area contributed by atoms with E-state index in [9.17, 15) is 4.79 Å². The largest absolute Gasteiger partial charge is 0.465 e. The third kappa shape index (κ3) is 9.09. The molecule has 1 atom stereocenters. The maximum Gasteiger partial charge on any atom is 0.311 e. The van der Waals surface area contributed by atoms with Crippen LogP contribution >= 0.6 is 0 Å². The molecule has 2 heteroatoms. The summed E-state index contributed by atoms with van der Waals surface area (Å²) in [7, 11) is 0. The van der Waals surface area contributed by atoms with Crippen LogP contribution in [-0.2, 0) is 16.0 Å². The fourth-order valence-corrected chi connectivity index (χ4v) is 3.23. The van der Waals surface area contributed by atoms with Gasteiger partial charge in [0.2, 0.25) is 0 Å². The Bertz CT molecular complexity index is 464. The minimum atomic E-state index is -0.473. The van der Waals surface area contributed by atoms with Crippen LogP contribution in [0.3, 0.4) is 0 Å². The van der Waals surface area contributed by atoms with Gasteiger partial charge >= 0.3 is 5.97 Å². The maximum absolute atomic E-state index is 12.6. The standard InChI is InChI=1S/C23H38O2/c1-5-7-9-11-17-21(14-8-6-2)19-25-22(24)23(3,4)18-20-15-12-10-13-16-20/h10,12-13,15-16,21H,5-9,11,14,17-19H2,1-4H3. The van der Waals surface area contributed by atoms with Gasteiger partial charge in [0.15, 0.2) is 0 Å². The first-order valence-corrected chi connectivity index (χ1v) is 10.2. The van der Waals surface area contributed by atoms with Crippen LogP contribution in [0.15, 0.2) is 30.3 Å². The van der Waals surface area contributed by atoms with Gasteiger partial charge in [-0.2, -0.15) is 0 Å². The molecule has 142 valence electrons. The second-order valence-electron chi connectivity index (χ2n) is 8.00. The van der Waals surface area contributed by atoms with Gasteiger partial charge in [-0.1, -0.05) is 82.7 Å².